The van der Waals surface area contributed by atoms with Crippen LogP contribution in [0.4, 0.5) is 5.69 Å². The molecule has 1 amide bonds. The maximum atomic E-state index is 13.0. The van der Waals surface area contributed by atoms with Gasteiger partial charge in [-0.3, -0.25) is 4.79 Å². The zero-order valence-electron chi connectivity index (χ0n) is 20.0. The molecule has 10 heteroatoms. The van der Waals surface area contributed by atoms with E-state index in [9.17, 15) is 14.9 Å². The number of rotatable bonds is 9. The quantitative estimate of drug-likeness (QED) is 0.314. The highest BCUT2D eigenvalue weighted by Crippen LogP contribution is 2.41. The lowest BCUT2D eigenvalue weighted by Gasteiger charge is -2.29. The Balaban J connectivity index is 1.88. The number of hydrogen-bond donors (Lipinski definition) is 2. The second-order valence-electron chi connectivity index (χ2n) is 7.88. The van der Waals surface area contributed by atoms with Gasteiger partial charge in [0.05, 0.1) is 40.5 Å². The number of methoxy groups -OCH3 is 1. The predicted octanol–water partition coefficient (Wildman–Crippen LogP) is 5.56. The third-order valence-electron chi connectivity index (χ3n) is 5.48. The monoisotopic (exact) mass is 545 g/mol. The number of ether oxygens (including phenoxy) is 2. The number of carbonyl (C=O) groups excluding carboxylic acids is 2. The van der Waals surface area contributed by atoms with Gasteiger partial charge in [0.15, 0.2) is 0 Å². The third kappa shape index (κ3) is 6.62. The Bertz CT molecular complexity index is 1250. The normalized spacial score (nSPS) is 15.3. The van der Waals surface area contributed by atoms with Crippen LogP contribution in [0.2, 0.25) is 10.0 Å². The molecule has 2 aromatic rings. The van der Waals surface area contributed by atoms with Gasteiger partial charge in [-0.15, -0.1) is 0 Å². The predicted molar refractivity (Wildman–Crippen MR) is 143 cm³/mol. The van der Waals surface area contributed by atoms with Crippen molar-refractivity contribution in [1.82, 2.24) is 5.32 Å². The lowest BCUT2D eigenvalue weighted by molar-refractivity contribution is -0.140. The number of esters is 1. The number of hydrogen-bond acceptors (Lipinski definition) is 7. The second kappa shape index (κ2) is 12.8. The molecular weight excluding hydrogens is 521 g/mol. The van der Waals surface area contributed by atoms with Crippen LogP contribution in [-0.2, 0) is 19.1 Å². The van der Waals surface area contributed by atoms with Gasteiger partial charge in [0.1, 0.15) is 6.61 Å². The number of carbonyl (C=O) groups is 2. The maximum absolute atomic E-state index is 13.0. The molecular formula is C26H25Cl2N3O4S. The van der Waals surface area contributed by atoms with Crippen LogP contribution < -0.4 is 10.6 Å². The zero-order chi connectivity index (χ0) is 26.2. The van der Waals surface area contributed by atoms with E-state index in [0.717, 1.165) is 5.56 Å². The molecule has 0 aliphatic carbocycles. The van der Waals surface area contributed by atoms with E-state index in [1.807, 2.05) is 6.92 Å². The average Bonchev–Trinajstić information content (AvgIpc) is 2.85. The SMILES string of the molecule is COCCOC(=O)C1=C(C)NC(SCC(=O)Nc2cccc(Cl)c2C)=C(C#N)C1c1ccc(Cl)cc1. The number of halogens is 2. The van der Waals surface area contributed by atoms with Gasteiger partial charge in [-0.25, -0.2) is 4.79 Å². The summed E-state index contributed by atoms with van der Waals surface area (Å²) in [5, 5.41) is 17.7. The van der Waals surface area contributed by atoms with Gasteiger partial charge in [0.2, 0.25) is 5.91 Å². The standard InChI is InChI=1S/C26H25Cl2N3O4S/c1-15-20(28)5-4-6-21(15)31-22(32)14-36-25-19(13-29)24(17-7-9-18(27)10-8-17)23(16(2)30-25)26(33)35-12-11-34-3/h4-10,24,30H,11-12,14H2,1-3H3,(H,31,32). The van der Waals surface area contributed by atoms with Crippen molar-refractivity contribution in [3.8, 4) is 6.07 Å². The molecule has 0 bridgehead atoms. The van der Waals surface area contributed by atoms with Gasteiger partial charge in [-0.2, -0.15) is 5.26 Å². The first-order chi connectivity index (χ1) is 17.3. The summed E-state index contributed by atoms with van der Waals surface area (Å²) in [6, 6.07) is 14.4. The molecule has 7 nitrogen and oxygen atoms in total. The Morgan fingerprint density at radius 3 is 2.53 bits per heavy atom. The number of dihydropyridines is 1. The highest BCUT2D eigenvalue weighted by atomic mass is 35.5. The second-order valence-corrected chi connectivity index (χ2v) is 9.71. The number of anilines is 1. The molecule has 0 aromatic heterocycles. The molecule has 2 N–H and O–H groups in total. The zero-order valence-corrected chi connectivity index (χ0v) is 22.3. The first kappa shape index (κ1) is 27.6. The van der Waals surface area contributed by atoms with Gasteiger partial charge in [0, 0.05) is 28.5 Å². The van der Waals surface area contributed by atoms with E-state index in [2.05, 4.69) is 16.7 Å². The van der Waals surface area contributed by atoms with Crippen molar-refractivity contribution < 1.29 is 19.1 Å². The number of thioether (sulfide) groups is 1. The van der Waals surface area contributed by atoms with Crippen molar-refractivity contribution in [2.75, 3.05) is 31.4 Å². The molecule has 1 unspecified atom stereocenters. The van der Waals surface area contributed by atoms with Crippen LogP contribution >= 0.6 is 35.0 Å². The van der Waals surface area contributed by atoms with Crippen LogP contribution in [0.15, 0.2) is 64.3 Å². The van der Waals surface area contributed by atoms with Crippen LogP contribution in [-0.4, -0.2) is 38.0 Å². The summed E-state index contributed by atoms with van der Waals surface area (Å²) in [6.07, 6.45) is 0. The minimum absolute atomic E-state index is 0.0354. The van der Waals surface area contributed by atoms with Crippen LogP contribution in [0.3, 0.4) is 0 Å². The van der Waals surface area contributed by atoms with Crippen molar-refractivity contribution in [2.45, 2.75) is 19.8 Å². The van der Waals surface area contributed by atoms with Gasteiger partial charge in [0.25, 0.3) is 0 Å². The minimum atomic E-state index is -0.690. The summed E-state index contributed by atoms with van der Waals surface area (Å²) in [6.45, 7) is 3.89. The van der Waals surface area contributed by atoms with Crippen LogP contribution in [0.1, 0.15) is 24.0 Å². The van der Waals surface area contributed by atoms with Crippen LogP contribution in [0, 0.1) is 18.3 Å². The molecule has 188 valence electrons. The number of amides is 1. The topological polar surface area (TPSA) is 100 Å². The Labute approximate surface area is 224 Å². The Morgan fingerprint density at radius 1 is 1.14 bits per heavy atom. The largest absolute Gasteiger partial charge is 0.460 e. The molecule has 1 heterocycles. The Kier molecular flexibility index (Phi) is 9.85. The van der Waals surface area contributed by atoms with E-state index in [-0.39, 0.29) is 24.9 Å². The fourth-order valence-corrected chi connectivity index (χ4v) is 4.84. The highest BCUT2D eigenvalue weighted by Gasteiger charge is 2.35. The summed E-state index contributed by atoms with van der Waals surface area (Å²) in [5.74, 6) is -1.47. The van der Waals surface area contributed by atoms with E-state index < -0.39 is 11.9 Å². The molecule has 3 rings (SSSR count). The van der Waals surface area contributed by atoms with Gasteiger partial charge in [-0.05, 0) is 49.2 Å². The summed E-state index contributed by atoms with van der Waals surface area (Å²) >= 11 is 13.4. The summed E-state index contributed by atoms with van der Waals surface area (Å²) in [7, 11) is 1.51. The van der Waals surface area contributed by atoms with Crippen LogP contribution in [0.25, 0.3) is 0 Å². The van der Waals surface area contributed by atoms with Gasteiger partial charge in [-0.1, -0.05) is 53.2 Å². The lowest BCUT2D eigenvalue weighted by atomic mass is 9.82. The van der Waals surface area contributed by atoms with Crippen molar-refractivity contribution in [2.24, 2.45) is 0 Å². The molecule has 2 aromatic carbocycles. The Hall–Kier alpha value is -2.96. The van der Waals surface area contributed by atoms with E-state index in [0.29, 0.717) is 43.2 Å². The third-order valence-corrected chi connectivity index (χ3v) is 7.16. The molecule has 0 spiro atoms. The average molecular weight is 546 g/mol. The smallest absolute Gasteiger partial charge is 0.336 e. The van der Waals surface area contributed by atoms with Crippen LogP contribution in [0.5, 0.6) is 0 Å². The highest BCUT2D eigenvalue weighted by molar-refractivity contribution is 8.03. The number of nitriles is 1. The first-order valence-corrected chi connectivity index (χ1v) is 12.7. The summed E-state index contributed by atoms with van der Waals surface area (Å²) in [5.41, 5.74) is 3.24. The minimum Gasteiger partial charge on any atom is -0.460 e. The fourth-order valence-electron chi connectivity index (χ4n) is 3.65. The van der Waals surface area contributed by atoms with Crippen molar-refractivity contribution >= 4 is 52.5 Å². The van der Waals surface area contributed by atoms with E-state index in [1.54, 1.807) is 49.4 Å². The fraction of sp³-hybridized carbons (Fsp3) is 0.269. The van der Waals surface area contributed by atoms with E-state index in [1.165, 1.54) is 18.9 Å². The van der Waals surface area contributed by atoms with Gasteiger partial charge >= 0.3 is 5.97 Å². The number of nitrogens with zero attached hydrogens (tertiary/aromatic N) is 1. The van der Waals surface area contributed by atoms with Crippen molar-refractivity contribution in [1.29, 1.82) is 5.26 Å². The van der Waals surface area contributed by atoms with Crippen molar-refractivity contribution in [3.63, 3.8) is 0 Å². The molecule has 0 radical (unpaired) electrons. The molecule has 0 fully saturated rings. The van der Waals surface area contributed by atoms with E-state index >= 15 is 0 Å². The number of allylic oxidation sites excluding steroid dienone is 2. The first-order valence-electron chi connectivity index (χ1n) is 11.0. The number of nitrogens with one attached hydrogen (secondary N) is 2. The van der Waals surface area contributed by atoms with Gasteiger partial charge < -0.3 is 20.1 Å². The van der Waals surface area contributed by atoms with E-state index in [4.69, 9.17) is 32.7 Å². The lowest BCUT2D eigenvalue weighted by Crippen LogP contribution is -2.29. The molecule has 1 atom stereocenters. The Morgan fingerprint density at radius 2 is 1.86 bits per heavy atom. The summed E-state index contributed by atoms with van der Waals surface area (Å²) in [4.78, 5) is 25.7. The summed E-state index contributed by atoms with van der Waals surface area (Å²) < 4.78 is 10.3. The number of benzene rings is 2. The molecule has 0 saturated heterocycles. The van der Waals surface area contributed by atoms with Crippen molar-refractivity contribution in [3.05, 3.63) is 85.5 Å². The molecule has 1 aliphatic heterocycles. The maximum Gasteiger partial charge on any atom is 0.336 e. The molecule has 36 heavy (non-hydrogen) atoms. The molecule has 0 saturated carbocycles. The molecule has 1 aliphatic rings.